The van der Waals surface area contributed by atoms with Gasteiger partial charge in [0.1, 0.15) is 20.6 Å². The number of nitrogens with zero attached hydrogens (tertiary/aromatic N) is 4. The van der Waals surface area contributed by atoms with Gasteiger partial charge in [-0.25, -0.2) is 19.9 Å². The molecule has 0 spiro atoms. The summed E-state index contributed by atoms with van der Waals surface area (Å²) in [6.07, 6.45) is 17.6. The van der Waals surface area contributed by atoms with E-state index in [-0.39, 0.29) is 20.6 Å². The smallest absolute Gasteiger partial charge is 0.208 e. The third-order valence-electron chi connectivity index (χ3n) is 13.2. The van der Waals surface area contributed by atoms with Crippen LogP contribution >= 0.6 is 46.4 Å². The molecule has 4 aromatic heterocycles. The molecule has 8 rings (SSSR count). The maximum absolute atomic E-state index is 13.6. The standard InChI is InChI=1S/C18H21ClFN.C17H19ClFN.C16H17ClFN.C15H15ClFN/c1-2-3-4-5-14-6-8-15(9-7-14)10-11-16-12-13-17(19)21-18(16)20;1-2-3-4-13-5-7-14(8-6-13)9-10-15-11-12-16(18)20-17(15)19;1-2-3-12-4-6-13(7-5-12)8-9-14-10-11-15(17)19-16(14)18;1-2-11-3-5-12(6-4-11)7-8-13-9-10-14(16)18-15(13)17/h6-9,12-13H,2-5,10-11H2,1H3;5-8,11-12H,2-4,9-10H2,1H3;4-7,10-11H,2-3,8-9H2,1H3;3-6,9-10H,2,7-8H2,1H3. The zero-order chi connectivity index (χ0) is 56.1. The van der Waals surface area contributed by atoms with E-state index in [1.807, 2.05) is 0 Å². The van der Waals surface area contributed by atoms with E-state index < -0.39 is 23.8 Å². The second-order valence-corrected chi connectivity index (χ2v) is 20.8. The van der Waals surface area contributed by atoms with Crippen LogP contribution in [0.2, 0.25) is 20.6 Å². The monoisotopic (exact) mass is 1140 g/mol. The molecule has 8 aromatic rings. The number of aryl methyl sites for hydroxylation is 12. The number of benzene rings is 4. The lowest BCUT2D eigenvalue weighted by Gasteiger charge is -2.05. The van der Waals surface area contributed by atoms with Crippen LogP contribution in [0.15, 0.2) is 146 Å². The fourth-order valence-electron chi connectivity index (χ4n) is 8.43. The lowest BCUT2D eigenvalue weighted by Crippen LogP contribution is -1.97. The van der Waals surface area contributed by atoms with Gasteiger partial charge in [-0.1, -0.05) is 221 Å². The van der Waals surface area contributed by atoms with Crippen molar-refractivity contribution in [3.8, 4) is 0 Å². The average molecular weight is 1140 g/mol. The van der Waals surface area contributed by atoms with Crippen LogP contribution in [-0.4, -0.2) is 19.9 Å². The van der Waals surface area contributed by atoms with E-state index in [1.54, 1.807) is 48.5 Å². The summed E-state index contributed by atoms with van der Waals surface area (Å²) >= 11 is 22.5. The van der Waals surface area contributed by atoms with E-state index in [1.165, 1.54) is 76.6 Å². The topological polar surface area (TPSA) is 51.6 Å². The summed E-state index contributed by atoms with van der Waals surface area (Å²) in [4.78, 5) is 14.5. The predicted octanol–water partition coefficient (Wildman–Crippen LogP) is 19.2. The van der Waals surface area contributed by atoms with Crippen molar-refractivity contribution < 1.29 is 17.6 Å². The molecule has 12 heteroatoms. The Kier molecular flexibility index (Phi) is 28.4. The van der Waals surface area contributed by atoms with Crippen LogP contribution in [0.5, 0.6) is 0 Å². The maximum atomic E-state index is 13.6. The van der Waals surface area contributed by atoms with Crippen LogP contribution in [0, 0.1) is 23.8 Å². The lowest BCUT2D eigenvalue weighted by molar-refractivity contribution is 0.565. The molecular weight excluding hydrogens is 1070 g/mol. The Morgan fingerprint density at radius 1 is 0.256 bits per heavy atom. The number of hydrogen-bond donors (Lipinski definition) is 0. The molecule has 0 saturated carbocycles. The van der Waals surface area contributed by atoms with Crippen molar-refractivity contribution in [1.29, 1.82) is 0 Å². The molecule has 0 aliphatic heterocycles. The zero-order valence-electron chi connectivity index (χ0n) is 45.4. The normalized spacial score (nSPS) is 10.7. The highest BCUT2D eigenvalue weighted by molar-refractivity contribution is 6.30. The number of hydrogen-bond acceptors (Lipinski definition) is 4. The highest BCUT2D eigenvalue weighted by Gasteiger charge is 2.09. The minimum Gasteiger partial charge on any atom is -0.208 e. The molecule has 78 heavy (non-hydrogen) atoms. The third-order valence-corrected chi connectivity index (χ3v) is 14.1. The van der Waals surface area contributed by atoms with Gasteiger partial charge in [-0.05, 0) is 159 Å². The summed E-state index contributed by atoms with van der Waals surface area (Å²) in [6.45, 7) is 8.71. The summed E-state index contributed by atoms with van der Waals surface area (Å²) in [7, 11) is 0. The summed E-state index contributed by atoms with van der Waals surface area (Å²) in [5.74, 6) is -1.85. The first-order chi connectivity index (χ1) is 37.7. The molecule has 0 fully saturated rings. The molecule has 0 bridgehead atoms. The molecule has 0 aliphatic carbocycles. The van der Waals surface area contributed by atoms with Crippen molar-refractivity contribution >= 4 is 46.4 Å². The fraction of sp³-hybridized carbons (Fsp3) is 0.333. The number of aromatic nitrogens is 4. The molecule has 0 N–H and O–H groups in total. The van der Waals surface area contributed by atoms with Gasteiger partial charge in [-0.3, -0.25) is 0 Å². The number of halogens is 8. The van der Waals surface area contributed by atoms with E-state index in [9.17, 15) is 17.6 Å². The predicted molar refractivity (Wildman–Crippen MR) is 317 cm³/mol. The van der Waals surface area contributed by atoms with Crippen LogP contribution in [0.4, 0.5) is 17.6 Å². The van der Waals surface area contributed by atoms with Gasteiger partial charge in [0.25, 0.3) is 0 Å². The second-order valence-electron chi connectivity index (χ2n) is 19.3. The molecule has 0 radical (unpaired) electrons. The van der Waals surface area contributed by atoms with Gasteiger partial charge in [0.15, 0.2) is 0 Å². The molecule has 0 atom stereocenters. The third kappa shape index (κ3) is 23.4. The minimum absolute atomic E-state index is 0.198. The highest BCUT2D eigenvalue weighted by atomic mass is 35.5. The van der Waals surface area contributed by atoms with Crippen molar-refractivity contribution in [2.24, 2.45) is 0 Å². The van der Waals surface area contributed by atoms with Crippen molar-refractivity contribution in [3.05, 3.63) is 257 Å². The molecule has 4 aromatic carbocycles. The number of rotatable bonds is 22. The van der Waals surface area contributed by atoms with Crippen LogP contribution in [0.3, 0.4) is 0 Å². The van der Waals surface area contributed by atoms with E-state index in [4.69, 9.17) is 46.4 Å². The first-order valence-electron chi connectivity index (χ1n) is 27.3. The van der Waals surface area contributed by atoms with Gasteiger partial charge in [0, 0.05) is 22.3 Å². The summed E-state index contributed by atoms with van der Waals surface area (Å²) < 4.78 is 54.2. The molecule has 412 valence electrons. The molecule has 0 aliphatic rings. The minimum atomic E-state index is -0.465. The lowest BCUT2D eigenvalue weighted by atomic mass is 10.0. The number of pyridine rings is 4. The first-order valence-corrected chi connectivity index (χ1v) is 28.8. The SMILES string of the molecule is CCCCCc1ccc(CCc2ccc(Cl)nc2F)cc1.CCCCc1ccc(CCc2ccc(Cl)nc2F)cc1.CCCc1ccc(CCc2ccc(Cl)nc2F)cc1.CCc1ccc(CCc2ccc(Cl)nc2F)cc1. The van der Waals surface area contributed by atoms with Crippen LogP contribution in [-0.2, 0) is 77.0 Å². The fourth-order valence-corrected chi connectivity index (χ4v) is 8.98. The Morgan fingerprint density at radius 3 is 0.744 bits per heavy atom. The highest BCUT2D eigenvalue weighted by Crippen LogP contribution is 2.19. The Hall–Kier alpha value is -5.64. The first kappa shape index (κ1) is 63.2. The van der Waals surface area contributed by atoms with E-state index >= 15 is 0 Å². The van der Waals surface area contributed by atoms with Gasteiger partial charge in [-0.15, -0.1) is 0 Å². The number of unbranched alkanes of at least 4 members (excludes halogenated alkanes) is 3. The van der Waals surface area contributed by atoms with E-state index in [0.717, 1.165) is 57.8 Å². The largest absolute Gasteiger partial charge is 0.217 e. The molecule has 4 nitrogen and oxygen atoms in total. The van der Waals surface area contributed by atoms with Crippen LogP contribution in [0.1, 0.15) is 133 Å². The molecule has 0 unspecified atom stereocenters. The van der Waals surface area contributed by atoms with Gasteiger partial charge >= 0.3 is 0 Å². The molecular formula is C66H72Cl4F4N4. The Labute approximate surface area is 481 Å². The Bertz CT molecular complexity index is 2990. The zero-order valence-corrected chi connectivity index (χ0v) is 48.4. The van der Waals surface area contributed by atoms with Gasteiger partial charge < -0.3 is 0 Å². The maximum Gasteiger partial charge on any atom is 0.217 e. The molecule has 0 saturated heterocycles. The van der Waals surface area contributed by atoms with E-state index in [2.05, 4.69) is 145 Å². The quantitative estimate of drug-likeness (QED) is 0.0385. The summed E-state index contributed by atoms with van der Waals surface area (Å²) in [6, 6.07) is 47.6. The average Bonchev–Trinajstić information content (AvgIpc) is 3.43. The van der Waals surface area contributed by atoms with Gasteiger partial charge in [0.05, 0.1) is 0 Å². The van der Waals surface area contributed by atoms with Crippen molar-refractivity contribution in [3.63, 3.8) is 0 Å². The van der Waals surface area contributed by atoms with Crippen molar-refractivity contribution in [2.75, 3.05) is 0 Å². The molecule has 0 amide bonds. The molecule has 4 heterocycles. The summed E-state index contributed by atoms with van der Waals surface area (Å²) in [5, 5.41) is 0.799. The van der Waals surface area contributed by atoms with Crippen LogP contribution in [0.25, 0.3) is 0 Å². The van der Waals surface area contributed by atoms with Crippen LogP contribution < -0.4 is 0 Å². The van der Waals surface area contributed by atoms with Gasteiger partial charge in [0.2, 0.25) is 23.8 Å². The Balaban J connectivity index is 0.000000192. The van der Waals surface area contributed by atoms with Crippen molar-refractivity contribution in [2.45, 2.75) is 143 Å². The van der Waals surface area contributed by atoms with E-state index in [0.29, 0.717) is 47.9 Å². The van der Waals surface area contributed by atoms with Gasteiger partial charge in [-0.2, -0.15) is 17.6 Å². The summed E-state index contributed by atoms with van der Waals surface area (Å²) in [5.41, 5.74) is 12.8. The second kappa shape index (κ2) is 35.1. The van der Waals surface area contributed by atoms with Crippen molar-refractivity contribution in [1.82, 2.24) is 19.9 Å². The Morgan fingerprint density at radius 2 is 0.500 bits per heavy atom.